The SMILES string of the molecule is COC1CCCCC1NCC1(C)CCN(C)CC1. The summed E-state index contributed by atoms with van der Waals surface area (Å²) >= 11 is 0. The van der Waals surface area contributed by atoms with Gasteiger partial charge in [0.1, 0.15) is 0 Å². The second kappa shape index (κ2) is 6.36. The molecular formula is C15H30N2O. The molecule has 0 aromatic carbocycles. The number of methoxy groups -OCH3 is 1. The minimum Gasteiger partial charge on any atom is -0.380 e. The molecule has 0 amide bonds. The van der Waals surface area contributed by atoms with Crippen molar-refractivity contribution in [3.63, 3.8) is 0 Å². The molecule has 2 unspecified atom stereocenters. The van der Waals surface area contributed by atoms with Crippen LogP contribution in [0.25, 0.3) is 0 Å². The number of rotatable bonds is 4. The Balaban J connectivity index is 1.79. The third-order valence-corrected chi connectivity index (χ3v) is 4.99. The fourth-order valence-corrected chi connectivity index (χ4v) is 3.33. The van der Waals surface area contributed by atoms with Gasteiger partial charge < -0.3 is 15.0 Å². The molecule has 0 spiro atoms. The van der Waals surface area contributed by atoms with E-state index >= 15 is 0 Å². The molecule has 3 nitrogen and oxygen atoms in total. The summed E-state index contributed by atoms with van der Waals surface area (Å²) in [6, 6.07) is 0.584. The van der Waals surface area contributed by atoms with E-state index in [2.05, 4.69) is 24.2 Å². The molecule has 0 radical (unpaired) electrons. The van der Waals surface area contributed by atoms with Crippen molar-refractivity contribution >= 4 is 0 Å². The van der Waals surface area contributed by atoms with Crippen molar-refractivity contribution in [1.82, 2.24) is 10.2 Å². The zero-order valence-electron chi connectivity index (χ0n) is 12.4. The second-order valence-electron chi connectivity index (χ2n) is 6.66. The largest absolute Gasteiger partial charge is 0.380 e. The zero-order valence-corrected chi connectivity index (χ0v) is 12.4. The number of hydrogen-bond acceptors (Lipinski definition) is 3. The Morgan fingerprint density at radius 2 is 1.89 bits per heavy atom. The molecule has 1 aliphatic carbocycles. The van der Waals surface area contributed by atoms with E-state index in [-0.39, 0.29) is 0 Å². The van der Waals surface area contributed by atoms with Crippen molar-refractivity contribution in [1.29, 1.82) is 0 Å². The Bertz CT molecular complexity index is 249. The summed E-state index contributed by atoms with van der Waals surface area (Å²) in [4.78, 5) is 2.44. The minimum atomic E-state index is 0.439. The van der Waals surface area contributed by atoms with Crippen LogP contribution in [0.15, 0.2) is 0 Å². The Kier molecular flexibility index (Phi) is 5.05. The van der Waals surface area contributed by atoms with Crippen molar-refractivity contribution < 1.29 is 4.74 Å². The maximum absolute atomic E-state index is 5.62. The maximum atomic E-state index is 5.62. The third-order valence-electron chi connectivity index (χ3n) is 4.99. The number of hydrogen-bond donors (Lipinski definition) is 1. The van der Waals surface area contributed by atoms with Gasteiger partial charge in [-0.15, -0.1) is 0 Å². The summed E-state index contributed by atoms with van der Waals surface area (Å²) in [7, 11) is 4.09. The number of likely N-dealkylation sites (tertiary alicyclic amines) is 1. The molecule has 0 bridgehead atoms. The van der Waals surface area contributed by atoms with Gasteiger partial charge in [-0.1, -0.05) is 19.8 Å². The van der Waals surface area contributed by atoms with Crippen molar-refractivity contribution in [3.05, 3.63) is 0 Å². The number of nitrogens with one attached hydrogen (secondary N) is 1. The van der Waals surface area contributed by atoms with Crippen LogP contribution in [0.3, 0.4) is 0 Å². The van der Waals surface area contributed by atoms with Gasteiger partial charge in [0.25, 0.3) is 0 Å². The quantitative estimate of drug-likeness (QED) is 0.833. The molecule has 0 aromatic rings. The third kappa shape index (κ3) is 3.69. The van der Waals surface area contributed by atoms with Crippen LogP contribution in [0, 0.1) is 5.41 Å². The zero-order chi connectivity index (χ0) is 13.0. The van der Waals surface area contributed by atoms with Crippen LogP contribution in [-0.2, 0) is 4.74 Å². The highest BCUT2D eigenvalue weighted by Crippen LogP contribution is 2.30. The molecule has 3 heteroatoms. The van der Waals surface area contributed by atoms with Gasteiger partial charge >= 0.3 is 0 Å². The van der Waals surface area contributed by atoms with Crippen LogP contribution >= 0.6 is 0 Å². The number of ether oxygens (including phenoxy) is 1. The molecule has 1 saturated heterocycles. The van der Waals surface area contributed by atoms with E-state index in [1.54, 1.807) is 0 Å². The maximum Gasteiger partial charge on any atom is 0.0724 e. The first-order chi connectivity index (χ1) is 8.63. The van der Waals surface area contributed by atoms with Gasteiger partial charge in [0.2, 0.25) is 0 Å². The van der Waals surface area contributed by atoms with Gasteiger partial charge in [-0.25, -0.2) is 0 Å². The lowest BCUT2D eigenvalue weighted by atomic mass is 9.80. The van der Waals surface area contributed by atoms with Gasteiger partial charge in [-0.05, 0) is 51.2 Å². The fourth-order valence-electron chi connectivity index (χ4n) is 3.33. The first-order valence-electron chi connectivity index (χ1n) is 7.58. The minimum absolute atomic E-state index is 0.439. The Morgan fingerprint density at radius 3 is 2.56 bits per heavy atom. The average molecular weight is 254 g/mol. The van der Waals surface area contributed by atoms with Gasteiger partial charge in [0.05, 0.1) is 6.10 Å². The molecule has 1 N–H and O–H groups in total. The van der Waals surface area contributed by atoms with Gasteiger partial charge in [-0.3, -0.25) is 0 Å². The first kappa shape index (κ1) is 14.3. The number of nitrogens with zero attached hydrogens (tertiary/aromatic N) is 1. The standard InChI is InChI=1S/C15H30N2O/c1-15(8-10-17(2)11-9-15)12-16-13-6-4-5-7-14(13)18-3/h13-14,16H,4-12H2,1-3H3. The highest BCUT2D eigenvalue weighted by atomic mass is 16.5. The van der Waals surface area contributed by atoms with E-state index in [0.717, 1.165) is 6.54 Å². The Morgan fingerprint density at radius 1 is 1.22 bits per heavy atom. The molecule has 2 rings (SSSR count). The lowest BCUT2D eigenvalue weighted by molar-refractivity contribution is 0.0340. The molecular weight excluding hydrogens is 224 g/mol. The van der Waals surface area contributed by atoms with E-state index in [1.807, 2.05) is 7.11 Å². The molecule has 18 heavy (non-hydrogen) atoms. The number of piperidine rings is 1. The summed E-state index contributed by atoms with van der Waals surface area (Å²) < 4.78 is 5.62. The van der Waals surface area contributed by atoms with E-state index < -0.39 is 0 Å². The summed E-state index contributed by atoms with van der Waals surface area (Å²) in [5.74, 6) is 0. The molecule has 2 atom stereocenters. The lowest BCUT2D eigenvalue weighted by Crippen LogP contribution is -2.49. The topological polar surface area (TPSA) is 24.5 Å². The van der Waals surface area contributed by atoms with Crippen molar-refractivity contribution in [2.75, 3.05) is 33.8 Å². The van der Waals surface area contributed by atoms with Crippen LogP contribution in [0.4, 0.5) is 0 Å². The predicted octanol–water partition coefficient (Wildman–Crippen LogP) is 2.27. The summed E-state index contributed by atoms with van der Waals surface area (Å²) in [5, 5.41) is 3.80. The first-order valence-corrected chi connectivity index (χ1v) is 7.58. The Hall–Kier alpha value is -0.120. The molecule has 2 aliphatic rings. The molecule has 106 valence electrons. The highest BCUT2D eigenvalue weighted by molar-refractivity contribution is 4.88. The highest BCUT2D eigenvalue weighted by Gasteiger charge is 2.31. The second-order valence-corrected chi connectivity index (χ2v) is 6.66. The summed E-state index contributed by atoms with van der Waals surface area (Å²) in [5.41, 5.74) is 0.488. The summed E-state index contributed by atoms with van der Waals surface area (Å²) in [6.45, 7) is 6.09. The smallest absolute Gasteiger partial charge is 0.0724 e. The molecule has 1 saturated carbocycles. The van der Waals surface area contributed by atoms with Gasteiger partial charge in [0, 0.05) is 19.7 Å². The van der Waals surface area contributed by atoms with E-state index in [0.29, 0.717) is 17.6 Å². The van der Waals surface area contributed by atoms with E-state index in [4.69, 9.17) is 4.74 Å². The normalized spacial score (nSPS) is 33.5. The van der Waals surface area contributed by atoms with E-state index in [9.17, 15) is 0 Å². The average Bonchev–Trinajstić information content (AvgIpc) is 2.41. The fraction of sp³-hybridized carbons (Fsp3) is 1.00. The predicted molar refractivity (Wildman–Crippen MR) is 75.9 cm³/mol. The molecule has 1 heterocycles. The van der Waals surface area contributed by atoms with Crippen LogP contribution in [0.1, 0.15) is 45.4 Å². The van der Waals surface area contributed by atoms with E-state index in [1.165, 1.54) is 51.6 Å². The van der Waals surface area contributed by atoms with Crippen LogP contribution in [0.2, 0.25) is 0 Å². The molecule has 0 aromatic heterocycles. The van der Waals surface area contributed by atoms with Gasteiger partial charge in [0.15, 0.2) is 0 Å². The van der Waals surface area contributed by atoms with Crippen LogP contribution < -0.4 is 5.32 Å². The molecule has 1 aliphatic heterocycles. The summed E-state index contributed by atoms with van der Waals surface area (Å²) in [6.07, 6.45) is 8.29. The van der Waals surface area contributed by atoms with Crippen LogP contribution in [0.5, 0.6) is 0 Å². The van der Waals surface area contributed by atoms with Crippen LogP contribution in [-0.4, -0.2) is 50.8 Å². The lowest BCUT2D eigenvalue weighted by Gasteiger charge is -2.40. The van der Waals surface area contributed by atoms with Crippen molar-refractivity contribution in [2.45, 2.75) is 57.6 Å². The Labute approximate surface area is 112 Å². The van der Waals surface area contributed by atoms with Crippen molar-refractivity contribution in [3.8, 4) is 0 Å². The molecule has 2 fully saturated rings. The monoisotopic (exact) mass is 254 g/mol. The van der Waals surface area contributed by atoms with Crippen molar-refractivity contribution in [2.24, 2.45) is 5.41 Å². The van der Waals surface area contributed by atoms with Gasteiger partial charge in [-0.2, -0.15) is 0 Å².